The molecule has 1 saturated carbocycles. The van der Waals surface area contributed by atoms with Crippen LogP contribution in [0.2, 0.25) is 10.0 Å². The molecule has 0 saturated heterocycles. The van der Waals surface area contributed by atoms with Crippen molar-refractivity contribution in [1.29, 1.82) is 0 Å². The fourth-order valence-electron chi connectivity index (χ4n) is 5.99. The molecule has 0 aliphatic heterocycles. The molecular formula is C37H39Cl2N3O4S. The molecule has 246 valence electrons. The Bertz CT molecular complexity index is 1780. The first-order valence-corrected chi connectivity index (χ1v) is 18.0. The van der Waals surface area contributed by atoms with Crippen LogP contribution in [0.15, 0.2) is 108 Å². The van der Waals surface area contributed by atoms with Gasteiger partial charge < -0.3 is 10.2 Å². The number of rotatable bonds is 12. The van der Waals surface area contributed by atoms with E-state index in [0.717, 1.165) is 42.0 Å². The second-order valence-electron chi connectivity index (χ2n) is 11.9. The van der Waals surface area contributed by atoms with Crippen molar-refractivity contribution in [3.05, 3.63) is 130 Å². The Labute approximate surface area is 287 Å². The van der Waals surface area contributed by atoms with E-state index >= 15 is 0 Å². The highest BCUT2D eigenvalue weighted by molar-refractivity contribution is 7.92. The first-order valence-electron chi connectivity index (χ1n) is 15.8. The molecule has 2 amide bonds. The Morgan fingerprint density at radius 1 is 0.851 bits per heavy atom. The fourth-order valence-corrected chi connectivity index (χ4v) is 7.85. The molecule has 4 aromatic rings. The number of amides is 2. The van der Waals surface area contributed by atoms with Crippen LogP contribution in [0, 0.1) is 6.92 Å². The lowest BCUT2D eigenvalue weighted by molar-refractivity contribution is -0.140. The zero-order valence-electron chi connectivity index (χ0n) is 26.3. The third kappa shape index (κ3) is 8.74. The van der Waals surface area contributed by atoms with Crippen molar-refractivity contribution in [2.75, 3.05) is 10.8 Å². The quantitative estimate of drug-likeness (QED) is 0.166. The van der Waals surface area contributed by atoms with Gasteiger partial charge in [0.1, 0.15) is 12.6 Å². The molecule has 7 nitrogen and oxygen atoms in total. The van der Waals surface area contributed by atoms with Gasteiger partial charge in [0.05, 0.1) is 10.6 Å². The maximum absolute atomic E-state index is 14.7. The molecule has 0 bridgehead atoms. The number of nitrogens with zero attached hydrogens (tertiary/aromatic N) is 2. The van der Waals surface area contributed by atoms with E-state index in [9.17, 15) is 18.0 Å². The van der Waals surface area contributed by atoms with Crippen molar-refractivity contribution >= 4 is 50.7 Å². The van der Waals surface area contributed by atoms with Gasteiger partial charge in [-0.05, 0) is 66.8 Å². The highest BCUT2D eigenvalue weighted by Gasteiger charge is 2.36. The summed E-state index contributed by atoms with van der Waals surface area (Å²) in [5.41, 5.74) is 2.41. The van der Waals surface area contributed by atoms with Crippen molar-refractivity contribution in [2.45, 2.75) is 69.0 Å². The summed E-state index contributed by atoms with van der Waals surface area (Å²) in [5.74, 6) is -0.832. The van der Waals surface area contributed by atoms with Crippen LogP contribution in [0.1, 0.15) is 48.8 Å². The number of aryl methyl sites for hydroxylation is 1. The van der Waals surface area contributed by atoms with E-state index in [4.69, 9.17) is 23.2 Å². The number of hydrogen-bond acceptors (Lipinski definition) is 4. The van der Waals surface area contributed by atoms with Crippen LogP contribution in [0.3, 0.4) is 0 Å². The minimum Gasteiger partial charge on any atom is -0.352 e. The maximum Gasteiger partial charge on any atom is 0.264 e. The van der Waals surface area contributed by atoms with E-state index in [1.807, 2.05) is 36.4 Å². The van der Waals surface area contributed by atoms with Crippen LogP contribution in [0.4, 0.5) is 5.69 Å². The Hall–Kier alpha value is -3.85. The molecule has 0 heterocycles. The van der Waals surface area contributed by atoms with Crippen molar-refractivity contribution in [3.63, 3.8) is 0 Å². The van der Waals surface area contributed by atoms with Crippen molar-refractivity contribution in [2.24, 2.45) is 0 Å². The molecule has 1 atom stereocenters. The summed E-state index contributed by atoms with van der Waals surface area (Å²) in [6.07, 6.45) is 5.17. The molecule has 1 fully saturated rings. The number of sulfonamides is 1. The summed E-state index contributed by atoms with van der Waals surface area (Å²) in [7, 11) is -4.23. The van der Waals surface area contributed by atoms with Crippen molar-refractivity contribution in [1.82, 2.24) is 10.2 Å². The van der Waals surface area contributed by atoms with Crippen LogP contribution in [0.25, 0.3) is 0 Å². The van der Waals surface area contributed by atoms with E-state index in [0.29, 0.717) is 21.2 Å². The molecule has 4 aromatic carbocycles. The summed E-state index contributed by atoms with van der Waals surface area (Å²) < 4.78 is 29.6. The lowest BCUT2D eigenvalue weighted by Gasteiger charge is -2.35. The number of halogens is 2. The van der Waals surface area contributed by atoms with Crippen LogP contribution < -0.4 is 9.62 Å². The molecule has 47 heavy (non-hydrogen) atoms. The maximum atomic E-state index is 14.7. The lowest BCUT2D eigenvalue weighted by Crippen LogP contribution is -2.55. The van der Waals surface area contributed by atoms with E-state index in [2.05, 4.69) is 5.32 Å². The normalized spacial score (nSPS) is 14.3. The van der Waals surface area contributed by atoms with Crippen LogP contribution in [-0.4, -0.2) is 43.8 Å². The van der Waals surface area contributed by atoms with Crippen LogP contribution in [-0.2, 0) is 32.6 Å². The van der Waals surface area contributed by atoms with Gasteiger partial charge >= 0.3 is 0 Å². The predicted octanol–water partition coefficient (Wildman–Crippen LogP) is 7.59. The van der Waals surface area contributed by atoms with Gasteiger partial charge in [0.25, 0.3) is 10.0 Å². The SMILES string of the molecule is Cc1ccc(Cl)cc1N(CC(=O)N(Cc1ccccc1Cl)[C@H](Cc1ccccc1)C(=O)NC1CCCCC1)S(=O)(=O)c1ccccc1. The average molecular weight is 693 g/mol. The average Bonchev–Trinajstić information content (AvgIpc) is 3.08. The van der Waals surface area contributed by atoms with Crippen LogP contribution in [0.5, 0.6) is 0 Å². The molecule has 0 radical (unpaired) electrons. The number of benzene rings is 4. The van der Waals surface area contributed by atoms with Gasteiger partial charge in [0.2, 0.25) is 11.8 Å². The topological polar surface area (TPSA) is 86.8 Å². The van der Waals surface area contributed by atoms with Crippen LogP contribution >= 0.6 is 23.2 Å². The van der Waals surface area contributed by atoms with E-state index in [1.54, 1.807) is 61.5 Å². The smallest absolute Gasteiger partial charge is 0.264 e. The largest absolute Gasteiger partial charge is 0.352 e. The molecule has 5 rings (SSSR count). The van der Waals surface area contributed by atoms with E-state index in [-0.39, 0.29) is 35.5 Å². The van der Waals surface area contributed by atoms with Gasteiger partial charge in [0, 0.05) is 29.1 Å². The Morgan fingerprint density at radius 3 is 2.17 bits per heavy atom. The fraction of sp³-hybridized carbons (Fsp3) is 0.297. The Kier molecular flexibility index (Phi) is 11.6. The Balaban J connectivity index is 1.59. The molecule has 10 heteroatoms. The molecule has 1 aliphatic carbocycles. The third-order valence-electron chi connectivity index (χ3n) is 8.57. The zero-order chi connectivity index (χ0) is 33.4. The third-order valence-corrected chi connectivity index (χ3v) is 10.9. The first kappa shape index (κ1) is 34.5. The summed E-state index contributed by atoms with van der Waals surface area (Å²) >= 11 is 13.0. The Morgan fingerprint density at radius 2 is 1.49 bits per heavy atom. The molecule has 1 N–H and O–H groups in total. The number of nitrogens with one attached hydrogen (secondary N) is 1. The zero-order valence-corrected chi connectivity index (χ0v) is 28.6. The van der Waals surface area contributed by atoms with Gasteiger partial charge in [-0.3, -0.25) is 13.9 Å². The van der Waals surface area contributed by atoms with Gasteiger partial charge in [-0.15, -0.1) is 0 Å². The number of hydrogen-bond donors (Lipinski definition) is 1. The summed E-state index contributed by atoms with van der Waals surface area (Å²) in [6, 6.07) is 28.6. The number of carbonyl (C=O) groups excluding carboxylic acids is 2. The minimum absolute atomic E-state index is 0.00183. The highest BCUT2D eigenvalue weighted by atomic mass is 35.5. The predicted molar refractivity (Wildman–Crippen MR) is 188 cm³/mol. The number of carbonyl (C=O) groups is 2. The number of anilines is 1. The van der Waals surface area contributed by atoms with Gasteiger partial charge in [-0.2, -0.15) is 0 Å². The van der Waals surface area contributed by atoms with E-state index < -0.39 is 28.5 Å². The molecular weight excluding hydrogens is 653 g/mol. The molecule has 0 spiro atoms. The molecule has 0 aromatic heterocycles. The second-order valence-corrected chi connectivity index (χ2v) is 14.6. The second kappa shape index (κ2) is 15.8. The van der Waals surface area contributed by atoms with Crippen molar-refractivity contribution < 1.29 is 18.0 Å². The lowest BCUT2D eigenvalue weighted by atomic mass is 9.94. The summed E-state index contributed by atoms with van der Waals surface area (Å²) in [6.45, 7) is 1.20. The van der Waals surface area contributed by atoms with Gasteiger partial charge in [-0.25, -0.2) is 8.42 Å². The summed E-state index contributed by atoms with van der Waals surface area (Å²) in [4.78, 5) is 30.4. The summed E-state index contributed by atoms with van der Waals surface area (Å²) in [5, 5.41) is 3.99. The van der Waals surface area contributed by atoms with Gasteiger partial charge in [0.15, 0.2) is 0 Å². The van der Waals surface area contributed by atoms with Gasteiger partial charge in [-0.1, -0.05) is 115 Å². The minimum atomic E-state index is -4.23. The van der Waals surface area contributed by atoms with E-state index in [1.165, 1.54) is 17.0 Å². The van der Waals surface area contributed by atoms with Crippen molar-refractivity contribution in [3.8, 4) is 0 Å². The monoisotopic (exact) mass is 691 g/mol. The molecule has 1 aliphatic rings. The molecule has 0 unspecified atom stereocenters. The first-order chi connectivity index (χ1) is 22.6. The highest BCUT2D eigenvalue weighted by Crippen LogP contribution is 2.30. The standard InChI is InChI=1S/C37H39Cl2N3O4S/c1-27-21-22-30(38)24-34(27)42(47(45,46)32-18-9-4-10-19-32)26-36(43)41(25-29-15-11-12-20-33(29)39)35(23-28-13-5-2-6-14-28)37(44)40-31-16-7-3-8-17-31/h2,4-6,9-15,18-22,24,31,35H,3,7-8,16-17,23,25-26H2,1H3,(H,40,44)/t35-/m1/s1.